The van der Waals surface area contributed by atoms with E-state index in [-0.39, 0.29) is 16.4 Å². The molecule has 0 saturated carbocycles. The number of nitro groups is 1. The molecule has 0 fully saturated rings. The number of thioether (sulfide) groups is 1. The van der Waals surface area contributed by atoms with E-state index in [4.69, 9.17) is 0 Å². The molecule has 1 aromatic carbocycles. The van der Waals surface area contributed by atoms with E-state index in [1.54, 1.807) is 0 Å². The van der Waals surface area contributed by atoms with Crippen molar-refractivity contribution in [3.63, 3.8) is 0 Å². The van der Waals surface area contributed by atoms with Gasteiger partial charge in [-0.2, -0.15) is 0 Å². The predicted molar refractivity (Wildman–Crippen MR) is 73.1 cm³/mol. The molecule has 0 aromatic heterocycles. The van der Waals surface area contributed by atoms with Crippen molar-refractivity contribution < 1.29 is 14.5 Å². The van der Waals surface area contributed by atoms with Crippen molar-refractivity contribution in [2.45, 2.75) is 13.3 Å². The molecule has 0 bridgehead atoms. The van der Waals surface area contributed by atoms with E-state index in [1.807, 2.05) is 0 Å². The van der Waals surface area contributed by atoms with Gasteiger partial charge in [0.2, 0.25) is 0 Å². The fourth-order valence-electron chi connectivity index (χ4n) is 1.30. The molecule has 0 heterocycles. The Balaban J connectivity index is 2.75. The molecule has 0 amide bonds. The van der Waals surface area contributed by atoms with E-state index in [0.717, 1.165) is 0 Å². The molecular formula is C13H11NO4S. The first-order valence-corrected chi connectivity index (χ1v) is 6.39. The number of carbonyl (C=O) groups is 2. The molecule has 98 valence electrons. The molecule has 0 aliphatic heterocycles. The number of carbonyl (C=O) groups excluding carboxylic acids is 2. The quantitative estimate of drug-likeness (QED) is 0.278. The molecule has 1 rings (SSSR count). The first kappa shape index (κ1) is 14.9. The molecule has 1 aromatic rings. The van der Waals surface area contributed by atoms with Gasteiger partial charge in [-0.15, -0.1) is 0 Å². The third-order valence-electron chi connectivity index (χ3n) is 2.12. The largest absolute Gasteiger partial charge is 0.298 e. The van der Waals surface area contributed by atoms with Crippen LogP contribution in [0.15, 0.2) is 18.2 Å². The van der Waals surface area contributed by atoms with Crippen LogP contribution < -0.4 is 0 Å². The minimum Gasteiger partial charge on any atom is -0.298 e. The van der Waals surface area contributed by atoms with Crippen molar-refractivity contribution in [1.82, 2.24) is 0 Å². The van der Waals surface area contributed by atoms with Crippen LogP contribution >= 0.6 is 11.8 Å². The summed E-state index contributed by atoms with van der Waals surface area (Å²) in [4.78, 5) is 31.4. The van der Waals surface area contributed by atoms with Gasteiger partial charge < -0.3 is 0 Å². The Hall–Kier alpha value is -2.13. The van der Waals surface area contributed by atoms with Crippen molar-refractivity contribution in [2.75, 3.05) is 5.75 Å². The normalized spacial score (nSPS) is 9.32. The van der Waals surface area contributed by atoms with Gasteiger partial charge in [-0.1, -0.05) is 23.6 Å². The number of nitro benzene ring substituents is 1. The summed E-state index contributed by atoms with van der Waals surface area (Å²) in [6.07, 6.45) is 0.979. The zero-order chi connectivity index (χ0) is 14.3. The second-order valence-corrected chi connectivity index (χ2v) is 4.81. The third kappa shape index (κ3) is 4.94. The minimum absolute atomic E-state index is 0.00918. The molecule has 0 saturated heterocycles. The zero-order valence-corrected chi connectivity index (χ0v) is 11.0. The molecule has 0 aliphatic carbocycles. The topological polar surface area (TPSA) is 77.3 Å². The van der Waals surface area contributed by atoms with Gasteiger partial charge in [-0.3, -0.25) is 19.7 Å². The molecule has 6 heteroatoms. The van der Waals surface area contributed by atoms with E-state index < -0.39 is 4.92 Å². The fraction of sp³-hybridized carbons (Fsp3) is 0.231. The van der Waals surface area contributed by atoms with Gasteiger partial charge in [-0.25, -0.2) is 0 Å². The van der Waals surface area contributed by atoms with Gasteiger partial charge in [0.25, 0.3) is 5.69 Å². The van der Waals surface area contributed by atoms with Gasteiger partial charge in [0.15, 0.2) is 11.4 Å². The maximum absolute atomic E-state index is 10.7. The Labute approximate surface area is 114 Å². The van der Waals surface area contributed by atoms with Crippen LogP contribution in [0.3, 0.4) is 0 Å². The molecule has 0 radical (unpaired) electrons. The molecule has 19 heavy (non-hydrogen) atoms. The summed E-state index contributed by atoms with van der Waals surface area (Å²) in [5.74, 6) is 6.26. The lowest BCUT2D eigenvalue weighted by atomic mass is 10.1. The number of rotatable bonds is 4. The molecule has 0 unspecified atom stereocenters. The van der Waals surface area contributed by atoms with E-state index >= 15 is 0 Å². The summed E-state index contributed by atoms with van der Waals surface area (Å²) < 4.78 is 0. The maximum atomic E-state index is 10.7. The van der Waals surface area contributed by atoms with Crippen molar-refractivity contribution in [2.24, 2.45) is 0 Å². The summed E-state index contributed by atoms with van der Waals surface area (Å²) in [6, 6.07) is 4.14. The Morgan fingerprint density at radius 3 is 2.84 bits per heavy atom. The highest BCUT2D eigenvalue weighted by molar-refractivity contribution is 8.13. The first-order chi connectivity index (χ1) is 9.04. The summed E-state index contributed by atoms with van der Waals surface area (Å²) in [5, 5.41) is 10.7. The van der Waals surface area contributed by atoms with Crippen molar-refractivity contribution in [3.8, 4) is 11.8 Å². The Kier molecular flexibility index (Phi) is 5.76. The van der Waals surface area contributed by atoms with Crippen molar-refractivity contribution in [1.29, 1.82) is 0 Å². The molecule has 5 nitrogen and oxygen atoms in total. The number of aldehydes is 1. The van der Waals surface area contributed by atoms with Gasteiger partial charge in [0.05, 0.1) is 10.5 Å². The minimum atomic E-state index is -0.607. The highest BCUT2D eigenvalue weighted by atomic mass is 32.2. The average molecular weight is 277 g/mol. The Morgan fingerprint density at radius 1 is 1.53 bits per heavy atom. The molecule has 0 aliphatic rings. The summed E-state index contributed by atoms with van der Waals surface area (Å²) in [7, 11) is 0. The maximum Gasteiger partial charge on any atom is 0.279 e. The molecule has 0 atom stereocenters. The molecule has 0 spiro atoms. The summed E-state index contributed by atoms with van der Waals surface area (Å²) >= 11 is 1.19. The van der Waals surface area contributed by atoms with Crippen LogP contribution in [0.1, 0.15) is 29.3 Å². The lowest BCUT2D eigenvalue weighted by Gasteiger charge is -1.96. The Bertz CT molecular complexity index is 572. The van der Waals surface area contributed by atoms with Crippen LogP contribution in [0.2, 0.25) is 0 Å². The lowest BCUT2D eigenvalue weighted by molar-refractivity contribution is -0.385. The van der Waals surface area contributed by atoms with Crippen LogP contribution in [0.25, 0.3) is 0 Å². The van der Waals surface area contributed by atoms with Gasteiger partial charge >= 0.3 is 0 Å². The van der Waals surface area contributed by atoms with Gasteiger partial charge in [0.1, 0.15) is 0 Å². The van der Waals surface area contributed by atoms with Crippen LogP contribution in [-0.4, -0.2) is 22.1 Å². The highest BCUT2D eigenvalue weighted by Gasteiger charge is 2.12. The van der Waals surface area contributed by atoms with E-state index in [2.05, 4.69) is 11.8 Å². The summed E-state index contributed by atoms with van der Waals surface area (Å²) in [5.41, 5.74) is 0.322. The van der Waals surface area contributed by atoms with E-state index in [9.17, 15) is 19.7 Å². The highest BCUT2D eigenvalue weighted by Crippen LogP contribution is 2.17. The standard InChI is InChI=1S/C13H11NO4S/c1-10(16)19-7-3-2-4-11-5-6-13(14(17)18)12(8-11)9-15/h5-6,8-9H,3,7H2,1H3. The van der Waals surface area contributed by atoms with Crippen molar-refractivity contribution in [3.05, 3.63) is 39.4 Å². The Morgan fingerprint density at radius 2 is 2.26 bits per heavy atom. The average Bonchev–Trinajstić information content (AvgIpc) is 2.37. The fourth-order valence-corrected chi connectivity index (χ4v) is 1.79. The predicted octanol–water partition coefficient (Wildman–Crippen LogP) is 2.43. The lowest BCUT2D eigenvalue weighted by Crippen LogP contribution is -1.94. The second kappa shape index (κ2) is 7.34. The number of hydrogen-bond acceptors (Lipinski definition) is 5. The first-order valence-electron chi connectivity index (χ1n) is 5.40. The molecule has 0 N–H and O–H groups in total. The van der Waals surface area contributed by atoms with E-state index in [1.165, 1.54) is 36.9 Å². The van der Waals surface area contributed by atoms with Gasteiger partial charge in [-0.05, 0) is 12.1 Å². The SMILES string of the molecule is CC(=O)SCCC#Cc1ccc([N+](=O)[O-])c(C=O)c1. The third-order valence-corrected chi connectivity index (χ3v) is 2.93. The van der Waals surface area contributed by atoms with Gasteiger partial charge in [0, 0.05) is 30.7 Å². The van der Waals surface area contributed by atoms with Crippen LogP contribution in [-0.2, 0) is 4.79 Å². The van der Waals surface area contributed by atoms with Crippen LogP contribution in [0.5, 0.6) is 0 Å². The molecular weight excluding hydrogens is 266 g/mol. The number of nitrogens with zero attached hydrogens (tertiary/aromatic N) is 1. The van der Waals surface area contributed by atoms with E-state index in [0.29, 0.717) is 24.0 Å². The number of benzene rings is 1. The number of hydrogen-bond donors (Lipinski definition) is 0. The van der Waals surface area contributed by atoms with Crippen LogP contribution in [0, 0.1) is 22.0 Å². The smallest absolute Gasteiger partial charge is 0.279 e. The monoisotopic (exact) mass is 277 g/mol. The van der Waals surface area contributed by atoms with Crippen LogP contribution in [0.4, 0.5) is 5.69 Å². The zero-order valence-electron chi connectivity index (χ0n) is 10.2. The second-order valence-electron chi connectivity index (χ2n) is 3.54. The summed E-state index contributed by atoms with van der Waals surface area (Å²) in [6.45, 7) is 1.49. The van der Waals surface area contributed by atoms with Crippen molar-refractivity contribution >= 4 is 28.9 Å².